The molecule has 0 aliphatic heterocycles. The Morgan fingerprint density at radius 2 is 1.55 bits per heavy atom. The number of nitrogens with zero attached hydrogens (tertiary/aromatic N) is 2. The molecule has 0 radical (unpaired) electrons. The minimum absolute atomic E-state index is 0.228. The lowest BCUT2D eigenvalue weighted by molar-refractivity contribution is 0.355. The molecule has 0 unspecified atom stereocenters. The third-order valence-electron chi connectivity index (χ3n) is 4.99. The second-order valence-corrected chi connectivity index (χ2v) is 7.06. The fourth-order valence-corrected chi connectivity index (χ4v) is 3.33. The van der Waals surface area contributed by atoms with Crippen LogP contribution in [0.3, 0.4) is 0 Å². The normalized spacial score (nSPS) is 11.2. The van der Waals surface area contributed by atoms with E-state index in [1.807, 2.05) is 31.2 Å². The highest BCUT2D eigenvalue weighted by atomic mass is 19.1. The van der Waals surface area contributed by atoms with Crippen LogP contribution in [0.15, 0.2) is 65.5 Å². The molecule has 0 N–H and O–H groups in total. The monoisotopic (exact) mass is 416 g/mol. The first-order chi connectivity index (χ1) is 15.0. The Hall–Kier alpha value is -3.93. The van der Waals surface area contributed by atoms with E-state index in [1.165, 1.54) is 26.4 Å². The second-order valence-electron chi connectivity index (χ2n) is 7.06. The van der Waals surface area contributed by atoms with Gasteiger partial charge in [-0.1, -0.05) is 35.9 Å². The number of aromatic nitrogens is 2. The number of hydrogen-bond acceptors (Lipinski definition) is 4. The highest BCUT2D eigenvalue weighted by Crippen LogP contribution is 2.30. The lowest BCUT2D eigenvalue weighted by Crippen LogP contribution is -2.22. The van der Waals surface area contributed by atoms with Crippen molar-refractivity contribution in [1.82, 2.24) is 9.55 Å². The van der Waals surface area contributed by atoms with E-state index in [4.69, 9.17) is 14.5 Å². The van der Waals surface area contributed by atoms with E-state index < -0.39 is 0 Å². The Morgan fingerprint density at radius 1 is 0.903 bits per heavy atom. The van der Waals surface area contributed by atoms with Gasteiger partial charge >= 0.3 is 0 Å². The van der Waals surface area contributed by atoms with Crippen LogP contribution in [0.1, 0.15) is 17.0 Å². The number of benzene rings is 3. The molecule has 0 fully saturated rings. The van der Waals surface area contributed by atoms with Crippen LogP contribution >= 0.6 is 0 Å². The van der Waals surface area contributed by atoms with Crippen LogP contribution in [0.5, 0.6) is 11.5 Å². The molecular formula is C25H21FN2O3. The van der Waals surface area contributed by atoms with E-state index in [1.54, 1.807) is 41.0 Å². The summed E-state index contributed by atoms with van der Waals surface area (Å²) in [5, 5.41) is 0.414. The first-order valence-corrected chi connectivity index (χ1v) is 9.69. The van der Waals surface area contributed by atoms with Gasteiger partial charge in [0.25, 0.3) is 5.56 Å². The van der Waals surface area contributed by atoms with Crippen molar-refractivity contribution in [2.75, 3.05) is 14.2 Å². The zero-order chi connectivity index (χ0) is 22.0. The predicted octanol–water partition coefficient (Wildman–Crippen LogP) is 5.02. The molecule has 3 aromatic carbocycles. The van der Waals surface area contributed by atoms with Gasteiger partial charge in [-0.25, -0.2) is 9.37 Å². The number of ether oxygens (including phenoxy) is 2. The molecule has 5 nitrogen and oxygen atoms in total. The van der Waals surface area contributed by atoms with E-state index in [0.29, 0.717) is 33.9 Å². The molecule has 0 aliphatic rings. The molecule has 0 saturated carbocycles. The largest absolute Gasteiger partial charge is 0.493 e. The summed E-state index contributed by atoms with van der Waals surface area (Å²) in [5.74, 6) is 1.08. The van der Waals surface area contributed by atoms with Crippen molar-refractivity contribution < 1.29 is 13.9 Å². The Labute approximate surface area is 179 Å². The molecule has 0 amide bonds. The van der Waals surface area contributed by atoms with E-state index >= 15 is 0 Å². The van der Waals surface area contributed by atoms with E-state index in [2.05, 4.69) is 0 Å². The Morgan fingerprint density at radius 3 is 2.19 bits per heavy atom. The zero-order valence-electron chi connectivity index (χ0n) is 17.4. The number of fused-ring (bicyclic) bond motifs is 1. The second kappa shape index (κ2) is 8.44. The summed E-state index contributed by atoms with van der Waals surface area (Å²) in [4.78, 5) is 18.2. The lowest BCUT2D eigenvalue weighted by Gasteiger charge is -2.14. The maximum absolute atomic E-state index is 13.5. The first kappa shape index (κ1) is 20.3. The van der Waals surface area contributed by atoms with Crippen molar-refractivity contribution in [1.29, 1.82) is 0 Å². The number of halogens is 1. The van der Waals surface area contributed by atoms with E-state index in [9.17, 15) is 9.18 Å². The average molecular weight is 416 g/mol. The van der Waals surface area contributed by atoms with Crippen molar-refractivity contribution in [3.63, 3.8) is 0 Å². The molecule has 31 heavy (non-hydrogen) atoms. The molecule has 0 spiro atoms. The number of aryl methyl sites for hydroxylation is 1. The molecule has 0 bridgehead atoms. The van der Waals surface area contributed by atoms with Gasteiger partial charge in [-0.15, -0.1) is 0 Å². The predicted molar refractivity (Wildman–Crippen MR) is 121 cm³/mol. The number of rotatable bonds is 5. The van der Waals surface area contributed by atoms with Gasteiger partial charge in [-0.3, -0.25) is 9.36 Å². The van der Waals surface area contributed by atoms with Crippen LogP contribution in [-0.2, 0) is 0 Å². The molecule has 4 rings (SSSR count). The quantitative estimate of drug-likeness (QED) is 0.458. The molecule has 1 heterocycles. The van der Waals surface area contributed by atoms with Crippen molar-refractivity contribution in [2.45, 2.75) is 6.92 Å². The van der Waals surface area contributed by atoms with Gasteiger partial charge in [0.05, 0.1) is 30.8 Å². The van der Waals surface area contributed by atoms with Gasteiger partial charge in [-0.05, 0) is 48.9 Å². The van der Waals surface area contributed by atoms with Crippen molar-refractivity contribution in [3.8, 4) is 17.2 Å². The average Bonchev–Trinajstić information content (AvgIpc) is 2.79. The molecule has 0 aliphatic carbocycles. The van der Waals surface area contributed by atoms with Gasteiger partial charge in [-0.2, -0.15) is 0 Å². The first-order valence-electron chi connectivity index (χ1n) is 9.69. The molecule has 4 aromatic rings. The minimum atomic E-state index is -0.307. The molecular weight excluding hydrogens is 395 g/mol. The molecule has 0 saturated heterocycles. The van der Waals surface area contributed by atoms with Crippen LogP contribution < -0.4 is 15.0 Å². The van der Waals surface area contributed by atoms with Crippen LogP contribution in [0.4, 0.5) is 4.39 Å². The highest BCUT2D eigenvalue weighted by molar-refractivity contribution is 5.83. The van der Waals surface area contributed by atoms with Crippen LogP contribution in [-0.4, -0.2) is 23.8 Å². The molecule has 6 heteroatoms. The SMILES string of the molecule is COc1cc2nc(C=Cc3ccc(F)cc3)n(-c3ccc(C)cc3)c(=O)c2cc1OC. The maximum Gasteiger partial charge on any atom is 0.266 e. The van der Waals surface area contributed by atoms with Gasteiger partial charge in [0.2, 0.25) is 0 Å². The fraction of sp³-hybridized carbons (Fsp3) is 0.120. The maximum atomic E-state index is 13.5. The van der Waals surface area contributed by atoms with Crippen molar-refractivity contribution in [2.24, 2.45) is 0 Å². The highest BCUT2D eigenvalue weighted by Gasteiger charge is 2.15. The summed E-state index contributed by atoms with van der Waals surface area (Å²) < 4.78 is 25.5. The van der Waals surface area contributed by atoms with Crippen LogP contribution in [0.25, 0.3) is 28.7 Å². The van der Waals surface area contributed by atoms with Crippen LogP contribution in [0, 0.1) is 12.7 Å². The van der Waals surface area contributed by atoms with E-state index in [-0.39, 0.29) is 11.4 Å². The van der Waals surface area contributed by atoms with Gasteiger partial charge in [0.1, 0.15) is 11.6 Å². The van der Waals surface area contributed by atoms with Crippen molar-refractivity contribution >= 4 is 23.1 Å². The summed E-state index contributed by atoms with van der Waals surface area (Å²) in [5.41, 5.74) is 2.83. The summed E-state index contributed by atoms with van der Waals surface area (Å²) in [6.45, 7) is 1.98. The Kier molecular flexibility index (Phi) is 5.54. The van der Waals surface area contributed by atoms with Crippen LogP contribution in [0.2, 0.25) is 0 Å². The Bertz CT molecular complexity index is 1320. The van der Waals surface area contributed by atoms with Gasteiger partial charge < -0.3 is 9.47 Å². The third-order valence-corrected chi connectivity index (χ3v) is 4.99. The minimum Gasteiger partial charge on any atom is -0.493 e. The summed E-state index contributed by atoms with van der Waals surface area (Å²) in [6.07, 6.45) is 3.53. The summed E-state index contributed by atoms with van der Waals surface area (Å²) >= 11 is 0. The van der Waals surface area contributed by atoms with Crippen molar-refractivity contribution in [3.05, 3.63) is 93.8 Å². The Balaban J connectivity index is 1.97. The summed E-state index contributed by atoms with van der Waals surface area (Å²) in [7, 11) is 3.06. The fourth-order valence-electron chi connectivity index (χ4n) is 3.33. The molecule has 1 aromatic heterocycles. The van der Waals surface area contributed by atoms with E-state index in [0.717, 1.165) is 11.1 Å². The number of methoxy groups -OCH3 is 2. The zero-order valence-corrected chi connectivity index (χ0v) is 17.4. The summed E-state index contributed by atoms with van der Waals surface area (Å²) in [6, 6.07) is 17.0. The van der Waals surface area contributed by atoms with Gasteiger partial charge in [0.15, 0.2) is 11.5 Å². The standard InChI is InChI=1S/C25H21FN2O3/c1-16-4-11-19(12-5-16)28-24(13-8-17-6-9-18(26)10-7-17)27-21-15-23(31-3)22(30-2)14-20(21)25(28)29/h4-15H,1-3H3. The van der Waals surface area contributed by atoms with Gasteiger partial charge in [0, 0.05) is 6.07 Å². The third kappa shape index (κ3) is 4.05. The topological polar surface area (TPSA) is 53.4 Å². The molecule has 156 valence electrons. The molecule has 0 atom stereocenters. The lowest BCUT2D eigenvalue weighted by atomic mass is 10.1. The number of hydrogen-bond donors (Lipinski definition) is 0. The smallest absolute Gasteiger partial charge is 0.266 e.